The Labute approximate surface area is 338 Å². The zero-order chi connectivity index (χ0) is 41.1. The molecule has 5 aromatic rings. The number of aliphatic hydroxyl groups is 1. The van der Waals surface area contributed by atoms with Crippen molar-refractivity contribution in [2.24, 2.45) is 0 Å². The number of aromatic nitrogens is 5. The van der Waals surface area contributed by atoms with E-state index < -0.39 is 5.60 Å². The van der Waals surface area contributed by atoms with E-state index in [4.69, 9.17) is 35.1 Å². The lowest BCUT2D eigenvalue weighted by atomic mass is 9.91. The summed E-state index contributed by atoms with van der Waals surface area (Å²) in [5, 5.41) is 17.3. The molecule has 7 rings (SSSR count). The summed E-state index contributed by atoms with van der Waals surface area (Å²) < 4.78 is 27.3. The zero-order valence-corrected chi connectivity index (χ0v) is 33.5. The molecule has 4 heterocycles. The molecule has 1 aliphatic heterocycles. The number of hydrogen-bond acceptors (Lipinski definition) is 14. The van der Waals surface area contributed by atoms with Crippen molar-refractivity contribution in [3.8, 4) is 35.1 Å². The average molecular weight is 791 g/mol. The lowest BCUT2D eigenvalue weighted by Crippen LogP contribution is -2.49. The highest BCUT2D eigenvalue weighted by Crippen LogP contribution is 2.36. The van der Waals surface area contributed by atoms with Crippen LogP contribution in [0.3, 0.4) is 0 Å². The number of methoxy groups -OCH3 is 3. The van der Waals surface area contributed by atoms with Gasteiger partial charge in [0.15, 0.2) is 23.1 Å². The summed E-state index contributed by atoms with van der Waals surface area (Å²) in [6, 6.07) is 15.0. The van der Waals surface area contributed by atoms with Gasteiger partial charge in [0.1, 0.15) is 31.0 Å². The lowest BCUT2D eigenvalue weighted by molar-refractivity contribution is -0.118. The number of hydrogen-bond donors (Lipinski definition) is 3. The molecule has 3 aromatic heterocycles. The van der Waals surface area contributed by atoms with E-state index in [1.54, 1.807) is 53.6 Å². The molecule has 1 amide bonds. The van der Waals surface area contributed by atoms with Crippen molar-refractivity contribution in [3.63, 3.8) is 0 Å². The first-order chi connectivity index (χ1) is 28.1. The summed E-state index contributed by atoms with van der Waals surface area (Å²) in [5.74, 6) is 5.66. The third-order valence-electron chi connectivity index (χ3n) is 9.77. The summed E-state index contributed by atoms with van der Waals surface area (Å²) in [6.07, 6.45) is 14.3. The van der Waals surface area contributed by atoms with E-state index in [-0.39, 0.29) is 24.6 Å². The van der Waals surface area contributed by atoms with Gasteiger partial charge in [0.05, 0.1) is 49.0 Å². The molecule has 0 radical (unpaired) electrons. The summed E-state index contributed by atoms with van der Waals surface area (Å²) >= 11 is 0. The molecule has 15 heteroatoms. The fourth-order valence-corrected chi connectivity index (χ4v) is 6.68. The first-order valence-corrected chi connectivity index (χ1v) is 19.1. The predicted molar refractivity (Wildman–Crippen MR) is 221 cm³/mol. The van der Waals surface area contributed by atoms with E-state index in [2.05, 4.69) is 36.5 Å². The van der Waals surface area contributed by atoms with Gasteiger partial charge in [0, 0.05) is 61.8 Å². The van der Waals surface area contributed by atoms with Crippen LogP contribution in [0, 0.1) is 12.3 Å². The Morgan fingerprint density at radius 3 is 2.31 bits per heavy atom. The minimum absolute atomic E-state index is 0.0142. The summed E-state index contributed by atoms with van der Waals surface area (Å²) in [5.41, 5.74) is 3.35. The smallest absolute Gasteiger partial charge is 0.247 e. The number of carbonyl (C=O) groups is 1. The van der Waals surface area contributed by atoms with Crippen molar-refractivity contribution in [2.75, 3.05) is 69.8 Å². The van der Waals surface area contributed by atoms with Crippen molar-refractivity contribution in [3.05, 3.63) is 78.5 Å². The first kappa shape index (κ1) is 41.7. The summed E-state index contributed by atoms with van der Waals surface area (Å²) in [4.78, 5) is 36.9. The molecule has 304 valence electrons. The second-order valence-electron chi connectivity index (χ2n) is 14.3. The van der Waals surface area contributed by atoms with Crippen LogP contribution in [0.2, 0.25) is 0 Å². The fraction of sp³-hybridized carbons (Fsp3) is 0.395. The summed E-state index contributed by atoms with van der Waals surface area (Å²) in [7, 11) is 4.99. The molecule has 1 fully saturated rings. The Morgan fingerprint density at radius 2 is 1.66 bits per heavy atom. The lowest BCUT2D eigenvalue weighted by Gasteiger charge is -2.38. The molecule has 1 saturated carbocycles. The van der Waals surface area contributed by atoms with Gasteiger partial charge in [-0.3, -0.25) is 14.7 Å². The van der Waals surface area contributed by atoms with Crippen molar-refractivity contribution >= 4 is 40.0 Å². The van der Waals surface area contributed by atoms with E-state index in [1.807, 2.05) is 47.4 Å². The highest BCUT2D eigenvalue weighted by molar-refractivity contribution is 6.01. The van der Waals surface area contributed by atoms with Gasteiger partial charge in [-0.25, -0.2) is 19.9 Å². The van der Waals surface area contributed by atoms with Gasteiger partial charge >= 0.3 is 0 Å². The zero-order valence-electron chi connectivity index (χ0n) is 33.5. The minimum Gasteiger partial charge on any atom is -0.487 e. The van der Waals surface area contributed by atoms with E-state index in [1.165, 1.54) is 6.33 Å². The van der Waals surface area contributed by atoms with E-state index >= 15 is 0 Å². The maximum atomic E-state index is 12.7. The number of benzene rings is 2. The number of amides is 1. The monoisotopic (exact) mass is 790 g/mol. The topological polar surface area (TPSA) is 175 Å². The van der Waals surface area contributed by atoms with Gasteiger partial charge in [0.2, 0.25) is 5.91 Å². The Kier molecular flexibility index (Phi) is 14.0. The molecule has 2 aliphatic rings. The van der Waals surface area contributed by atoms with Gasteiger partial charge in [-0.15, -0.1) is 6.42 Å². The highest BCUT2D eigenvalue weighted by atomic mass is 16.5. The molecule has 2 aromatic carbocycles. The molecular weight excluding hydrogens is 741 g/mol. The van der Waals surface area contributed by atoms with Crippen molar-refractivity contribution < 1.29 is 33.6 Å². The molecule has 0 spiro atoms. The fourth-order valence-electron chi connectivity index (χ4n) is 6.68. The third-order valence-corrected chi connectivity index (χ3v) is 9.77. The number of terminal acetylenes is 1. The number of carbonyl (C=O) groups excluding carboxylic acids is 1. The first-order valence-electron chi connectivity index (χ1n) is 19.1. The Balaban J connectivity index is 0.000000196. The number of anilines is 4. The Hall–Kier alpha value is -5.92. The van der Waals surface area contributed by atoms with E-state index in [0.717, 1.165) is 53.4 Å². The van der Waals surface area contributed by atoms with Gasteiger partial charge in [0.25, 0.3) is 0 Å². The van der Waals surface area contributed by atoms with Gasteiger partial charge in [-0.2, -0.15) is 0 Å². The van der Waals surface area contributed by atoms with Crippen molar-refractivity contribution in [2.45, 2.75) is 57.3 Å². The van der Waals surface area contributed by atoms with Crippen LogP contribution >= 0.6 is 0 Å². The number of fused-ring (bicyclic) bond motifs is 2. The highest BCUT2D eigenvalue weighted by Gasteiger charge is 2.35. The van der Waals surface area contributed by atoms with Crippen molar-refractivity contribution in [1.29, 1.82) is 0 Å². The van der Waals surface area contributed by atoms with Gasteiger partial charge < -0.3 is 39.4 Å². The number of pyridine rings is 1. The quantitative estimate of drug-likeness (QED) is 0.0898. The van der Waals surface area contributed by atoms with Gasteiger partial charge in [-0.05, 0) is 75.9 Å². The molecule has 0 bridgehead atoms. The SMILES string of the molecule is C#Cc1cccc(Nc2ncnc3cc(OCCOC)c(OCCOC)cc23)c1.COC1CCC(N2C(=O)CNc3ncc(-c4ccc(C(C)(C)O)nc4)nc32)CC1. The number of rotatable bonds is 14. The van der Waals surface area contributed by atoms with E-state index in [9.17, 15) is 9.90 Å². The number of nitrogens with zero attached hydrogens (tertiary/aromatic N) is 6. The second kappa shape index (κ2) is 19.5. The van der Waals surface area contributed by atoms with Crippen LogP contribution in [0.1, 0.15) is 50.8 Å². The van der Waals surface area contributed by atoms with Crippen LogP contribution in [-0.4, -0.2) is 102 Å². The molecule has 3 N–H and O–H groups in total. The maximum Gasteiger partial charge on any atom is 0.247 e. The van der Waals surface area contributed by atoms with Crippen LogP contribution in [0.5, 0.6) is 11.5 Å². The predicted octanol–water partition coefficient (Wildman–Crippen LogP) is 5.89. The Bertz CT molecular complexity index is 2200. The average Bonchev–Trinajstić information content (AvgIpc) is 3.24. The standard InChI is InChI=1S/C22H23N3O4.C21H27N5O3/c1-4-16-6-5-7-17(12-16)25-22-18-13-20(28-10-8-26-2)21(29-11-9-27-3)14-19(18)23-15-24-22;1-21(2,28)17-9-4-13(10-22-17)16-11-23-19-20(25-16)26(18(27)12-24-19)14-5-7-15(29-3)8-6-14/h1,5-7,12-15H,8-11H2,2-3H3,(H,23,24,25);4,9-11,14-15,28H,5-8,12H2,1-3H3,(H,23,24). The van der Waals surface area contributed by atoms with Crippen LogP contribution in [-0.2, 0) is 24.6 Å². The van der Waals surface area contributed by atoms with Crippen LogP contribution in [0.15, 0.2) is 67.3 Å². The molecule has 0 unspecified atom stereocenters. The Morgan fingerprint density at radius 1 is 0.914 bits per heavy atom. The van der Waals surface area contributed by atoms with Crippen LogP contribution in [0.4, 0.5) is 23.1 Å². The molecule has 58 heavy (non-hydrogen) atoms. The largest absolute Gasteiger partial charge is 0.487 e. The molecule has 0 saturated heterocycles. The van der Waals surface area contributed by atoms with Crippen LogP contribution in [0.25, 0.3) is 22.2 Å². The third kappa shape index (κ3) is 10.3. The van der Waals surface area contributed by atoms with E-state index in [0.29, 0.717) is 66.8 Å². The second-order valence-corrected chi connectivity index (χ2v) is 14.3. The van der Waals surface area contributed by atoms with Gasteiger partial charge in [-0.1, -0.05) is 12.0 Å². The van der Waals surface area contributed by atoms with Crippen molar-refractivity contribution in [1.82, 2.24) is 24.9 Å². The number of nitrogens with one attached hydrogen (secondary N) is 2. The van der Waals surface area contributed by atoms with Crippen LogP contribution < -0.4 is 25.0 Å². The molecule has 0 atom stereocenters. The number of ether oxygens (including phenoxy) is 5. The molecule has 15 nitrogen and oxygen atoms in total. The maximum absolute atomic E-state index is 12.7. The summed E-state index contributed by atoms with van der Waals surface area (Å²) in [6.45, 7) is 5.35. The minimum atomic E-state index is -1.01. The molecular formula is C43H50N8O7. The molecule has 1 aliphatic carbocycles. The normalized spacial score (nSPS) is 16.4.